The lowest BCUT2D eigenvalue weighted by molar-refractivity contribution is -0.120. The van der Waals surface area contributed by atoms with Crippen LogP contribution in [0.25, 0.3) is 10.9 Å². The topological polar surface area (TPSA) is 113 Å². The molecule has 4 aromatic rings. The Morgan fingerprint density at radius 2 is 1.69 bits per heavy atom. The van der Waals surface area contributed by atoms with Crippen molar-refractivity contribution in [3.8, 4) is 17.2 Å². The number of fused-ring (bicyclic) bond motifs is 3. The van der Waals surface area contributed by atoms with E-state index in [-0.39, 0.29) is 23.2 Å². The quantitative estimate of drug-likeness (QED) is 0.264. The Bertz CT molecular complexity index is 1750. The second kappa shape index (κ2) is 9.16. The number of amides is 1. The van der Waals surface area contributed by atoms with Crippen LogP contribution in [0.3, 0.4) is 0 Å². The van der Waals surface area contributed by atoms with Crippen LogP contribution < -0.4 is 18.9 Å². The molecule has 10 heteroatoms. The van der Waals surface area contributed by atoms with E-state index in [9.17, 15) is 18.0 Å². The van der Waals surface area contributed by atoms with Gasteiger partial charge in [0, 0.05) is 18.0 Å². The summed E-state index contributed by atoms with van der Waals surface area (Å²) >= 11 is 0. The van der Waals surface area contributed by atoms with Crippen molar-refractivity contribution in [1.29, 1.82) is 0 Å². The molecule has 9 nitrogen and oxygen atoms in total. The van der Waals surface area contributed by atoms with Crippen LogP contribution in [0.4, 0.5) is 0 Å². The van der Waals surface area contributed by atoms with E-state index in [4.69, 9.17) is 14.2 Å². The number of carbonyl (C=O) groups excluding carboxylic acids is 2. The number of ether oxygens (including phenoxy) is 3. The van der Waals surface area contributed by atoms with E-state index in [2.05, 4.69) is 4.72 Å². The van der Waals surface area contributed by atoms with E-state index in [0.717, 1.165) is 11.1 Å². The summed E-state index contributed by atoms with van der Waals surface area (Å²) in [5.41, 5.74) is 2.70. The first kappa shape index (κ1) is 25.0. The molecule has 1 aromatic heterocycles. The monoisotopic (exact) mass is 546 g/mol. The first-order valence-corrected chi connectivity index (χ1v) is 14.1. The molecule has 1 atom stereocenters. The standard InChI is InChI=1S/C29H26N2O7S/c1-4-31-22-14-19-8-11-21(22)26(29(33)38-19)27(31)25(18-7-12-23-24(13-18)37-15-36-23)28(32)30-39(34,35)20-9-5-17(6-10-20)16(2)3/h5-14,16,25H,4,15H2,1-3H3,(H,30,32). The SMILES string of the molecule is CCn1c(C(C(=O)NS(=O)(=O)c2ccc(C(C)C)cc2)c2ccc3c(c2)OCO3)c2c3ccc(cc31)OC2=O. The number of rotatable bonds is 7. The average molecular weight is 547 g/mol. The van der Waals surface area contributed by atoms with Crippen molar-refractivity contribution in [2.75, 3.05) is 6.79 Å². The number of aromatic nitrogens is 1. The number of esters is 1. The highest BCUT2D eigenvalue weighted by Gasteiger charge is 2.38. The van der Waals surface area contributed by atoms with Gasteiger partial charge in [0.25, 0.3) is 10.0 Å². The molecule has 0 radical (unpaired) electrons. The van der Waals surface area contributed by atoms with Crippen LogP contribution in [0.15, 0.2) is 65.6 Å². The molecular weight excluding hydrogens is 520 g/mol. The number of hydrogen-bond acceptors (Lipinski definition) is 7. The fourth-order valence-corrected chi connectivity index (χ4v) is 6.23. The average Bonchev–Trinajstić information content (AvgIpc) is 3.42. The van der Waals surface area contributed by atoms with E-state index in [1.807, 2.05) is 25.3 Å². The van der Waals surface area contributed by atoms with Gasteiger partial charge < -0.3 is 18.8 Å². The maximum absolute atomic E-state index is 14.0. The Morgan fingerprint density at radius 3 is 2.41 bits per heavy atom. The van der Waals surface area contributed by atoms with Gasteiger partial charge in [-0.2, -0.15) is 0 Å². The highest BCUT2D eigenvalue weighted by Crippen LogP contribution is 2.42. The first-order valence-electron chi connectivity index (χ1n) is 12.6. The second-order valence-electron chi connectivity index (χ2n) is 9.81. The van der Waals surface area contributed by atoms with Crippen LogP contribution in [0.5, 0.6) is 17.2 Å². The summed E-state index contributed by atoms with van der Waals surface area (Å²) in [5.74, 6) is -1.03. The van der Waals surface area contributed by atoms with Crippen molar-refractivity contribution in [3.63, 3.8) is 0 Å². The molecule has 0 aliphatic carbocycles. The fraction of sp³-hybridized carbons (Fsp3) is 0.241. The Morgan fingerprint density at radius 1 is 0.974 bits per heavy atom. The number of carbonyl (C=O) groups is 2. The van der Waals surface area contributed by atoms with E-state index in [0.29, 0.717) is 40.4 Å². The van der Waals surface area contributed by atoms with Gasteiger partial charge in [-0.3, -0.25) is 4.79 Å². The fourth-order valence-electron chi connectivity index (χ4n) is 5.23. The maximum Gasteiger partial charge on any atom is 0.346 e. The zero-order valence-corrected chi connectivity index (χ0v) is 22.4. The van der Waals surface area contributed by atoms with E-state index in [1.165, 1.54) is 12.1 Å². The molecule has 3 aliphatic rings. The first-order chi connectivity index (χ1) is 18.7. The van der Waals surface area contributed by atoms with Gasteiger partial charge in [-0.05, 0) is 60.4 Å². The zero-order valence-electron chi connectivity index (χ0n) is 21.6. The van der Waals surface area contributed by atoms with Crippen LogP contribution >= 0.6 is 0 Å². The smallest absolute Gasteiger partial charge is 0.346 e. The van der Waals surface area contributed by atoms with Crippen LogP contribution in [-0.2, 0) is 21.4 Å². The number of sulfonamides is 1. The van der Waals surface area contributed by atoms with Gasteiger partial charge >= 0.3 is 5.97 Å². The molecule has 0 spiro atoms. The van der Waals surface area contributed by atoms with Crippen molar-refractivity contribution in [2.24, 2.45) is 0 Å². The third-order valence-corrected chi connectivity index (χ3v) is 8.53. The summed E-state index contributed by atoms with van der Waals surface area (Å²) in [4.78, 5) is 27.2. The van der Waals surface area contributed by atoms with Crippen LogP contribution in [0, 0.1) is 0 Å². The zero-order chi connectivity index (χ0) is 27.5. The van der Waals surface area contributed by atoms with Gasteiger partial charge in [-0.1, -0.05) is 32.0 Å². The summed E-state index contributed by atoms with van der Waals surface area (Å²) in [6, 6.07) is 16.6. The molecule has 0 saturated heterocycles. The van der Waals surface area contributed by atoms with Gasteiger partial charge in [0.15, 0.2) is 11.5 Å². The van der Waals surface area contributed by atoms with Crippen LogP contribution in [-0.4, -0.2) is 31.7 Å². The van der Waals surface area contributed by atoms with Gasteiger partial charge in [0.05, 0.1) is 21.7 Å². The van der Waals surface area contributed by atoms with Gasteiger partial charge in [0.1, 0.15) is 11.7 Å². The number of nitrogens with one attached hydrogen (secondary N) is 1. The van der Waals surface area contributed by atoms with Crippen molar-refractivity contribution in [2.45, 2.75) is 44.0 Å². The number of benzene rings is 3. The summed E-state index contributed by atoms with van der Waals surface area (Å²) in [6.07, 6.45) is 0. The van der Waals surface area contributed by atoms with E-state index < -0.39 is 27.8 Å². The Hall–Kier alpha value is -4.31. The maximum atomic E-state index is 14.0. The Labute approximate surface area is 225 Å². The Balaban J connectivity index is 1.50. The Kier molecular flexibility index (Phi) is 5.87. The molecule has 0 fully saturated rings. The second-order valence-corrected chi connectivity index (χ2v) is 11.5. The summed E-state index contributed by atoms with van der Waals surface area (Å²) in [6.45, 7) is 6.38. The van der Waals surface area contributed by atoms with E-state index >= 15 is 0 Å². The van der Waals surface area contributed by atoms with Crippen LogP contribution in [0.1, 0.15) is 59.8 Å². The molecule has 4 bridgehead atoms. The molecule has 39 heavy (non-hydrogen) atoms. The summed E-state index contributed by atoms with van der Waals surface area (Å²) in [7, 11) is -4.23. The van der Waals surface area contributed by atoms with Crippen molar-refractivity contribution >= 4 is 32.8 Å². The van der Waals surface area contributed by atoms with Gasteiger partial charge in [-0.15, -0.1) is 0 Å². The highest BCUT2D eigenvalue weighted by molar-refractivity contribution is 7.90. The molecule has 200 valence electrons. The number of aryl methyl sites for hydroxylation is 1. The molecule has 4 heterocycles. The normalized spacial score (nSPS) is 14.6. The third-order valence-electron chi connectivity index (χ3n) is 7.16. The number of hydrogen-bond donors (Lipinski definition) is 1. The predicted octanol–water partition coefficient (Wildman–Crippen LogP) is 4.68. The number of nitrogens with zero attached hydrogens (tertiary/aromatic N) is 1. The molecule has 1 unspecified atom stereocenters. The lowest BCUT2D eigenvalue weighted by Crippen LogP contribution is -2.36. The van der Waals surface area contributed by atoms with Crippen molar-refractivity contribution in [1.82, 2.24) is 9.29 Å². The summed E-state index contributed by atoms with van der Waals surface area (Å²) in [5, 5.41) is 0.628. The van der Waals surface area contributed by atoms with Gasteiger partial charge in [-0.25, -0.2) is 17.9 Å². The van der Waals surface area contributed by atoms with Crippen LogP contribution in [0.2, 0.25) is 0 Å². The lowest BCUT2D eigenvalue weighted by atomic mass is 9.91. The highest BCUT2D eigenvalue weighted by atomic mass is 32.2. The predicted molar refractivity (Wildman–Crippen MR) is 143 cm³/mol. The molecule has 0 saturated carbocycles. The van der Waals surface area contributed by atoms with Crippen molar-refractivity contribution < 1.29 is 32.2 Å². The molecule has 3 aromatic carbocycles. The van der Waals surface area contributed by atoms with E-state index in [1.54, 1.807) is 48.5 Å². The third kappa shape index (κ3) is 4.11. The van der Waals surface area contributed by atoms with Crippen molar-refractivity contribution in [3.05, 3.63) is 83.0 Å². The largest absolute Gasteiger partial charge is 0.454 e. The minimum atomic E-state index is -4.23. The molecule has 1 N–H and O–H groups in total. The minimum Gasteiger partial charge on any atom is -0.454 e. The molecule has 7 rings (SSSR count). The minimum absolute atomic E-state index is 0.0337. The molecule has 1 amide bonds. The molecule has 3 aliphatic heterocycles. The summed E-state index contributed by atoms with van der Waals surface area (Å²) < 4.78 is 47.3. The molecular formula is C29H26N2O7S. The lowest BCUT2D eigenvalue weighted by Gasteiger charge is -2.22. The van der Waals surface area contributed by atoms with Gasteiger partial charge in [0.2, 0.25) is 12.7 Å².